The van der Waals surface area contributed by atoms with Gasteiger partial charge < -0.3 is 9.64 Å². The second kappa shape index (κ2) is 7.22. The third-order valence-electron chi connectivity index (χ3n) is 3.32. The van der Waals surface area contributed by atoms with Gasteiger partial charge in [0, 0.05) is 32.7 Å². The molecule has 1 rings (SSSR count). The number of nitriles is 1. The van der Waals surface area contributed by atoms with E-state index in [-0.39, 0.29) is 12.0 Å². The molecule has 0 aliphatic carbocycles. The van der Waals surface area contributed by atoms with Crippen molar-refractivity contribution in [3.63, 3.8) is 0 Å². The Morgan fingerprint density at radius 1 is 1.33 bits per heavy atom. The van der Waals surface area contributed by atoms with Gasteiger partial charge in [-0.2, -0.15) is 5.26 Å². The summed E-state index contributed by atoms with van der Waals surface area (Å²) in [5.41, 5.74) is 0. The zero-order valence-electron chi connectivity index (χ0n) is 11.6. The standard InChI is InChI=1S/C13H23N3O2/c1-4-18-13(17)16-7-5-15(6-8-16)10-12(9-14)11(2)3/h11-12H,4-8,10H2,1-3H3. The van der Waals surface area contributed by atoms with Gasteiger partial charge in [-0.3, -0.25) is 4.90 Å². The van der Waals surface area contributed by atoms with E-state index < -0.39 is 0 Å². The second-order valence-electron chi connectivity index (χ2n) is 4.97. The van der Waals surface area contributed by atoms with Crippen LogP contribution in [-0.2, 0) is 4.74 Å². The number of amides is 1. The Morgan fingerprint density at radius 3 is 2.39 bits per heavy atom. The van der Waals surface area contributed by atoms with Crippen LogP contribution in [0.15, 0.2) is 0 Å². The Morgan fingerprint density at radius 2 is 1.94 bits per heavy atom. The zero-order chi connectivity index (χ0) is 13.5. The monoisotopic (exact) mass is 253 g/mol. The number of nitrogens with zero attached hydrogens (tertiary/aromatic N) is 3. The first-order valence-corrected chi connectivity index (χ1v) is 6.62. The molecule has 0 saturated carbocycles. The first-order chi connectivity index (χ1) is 8.58. The average Bonchev–Trinajstić information content (AvgIpc) is 2.36. The summed E-state index contributed by atoms with van der Waals surface area (Å²) in [6.45, 7) is 10.2. The van der Waals surface area contributed by atoms with Crippen LogP contribution >= 0.6 is 0 Å². The molecule has 0 aromatic carbocycles. The summed E-state index contributed by atoms with van der Waals surface area (Å²) in [4.78, 5) is 15.5. The number of piperazine rings is 1. The Labute approximate surface area is 109 Å². The van der Waals surface area contributed by atoms with Gasteiger partial charge in [-0.15, -0.1) is 0 Å². The molecule has 0 N–H and O–H groups in total. The minimum atomic E-state index is -0.224. The lowest BCUT2D eigenvalue weighted by atomic mass is 9.97. The molecule has 0 spiro atoms. The molecule has 1 heterocycles. The van der Waals surface area contributed by atoms with Gasteiger partial charge in [-0.25, -0.2) is 4.79 Å². The fourth-order valence-electron chi connectivity index (χ4n) is 2.01. The van der Waals surface area contributed by atoms with Crippen LogP contribution in [0.3, 0.4) is 0 Å². The number of ether oxygens (including phenoxy) is 1. The molecule has 1 unspecified atom stereocenters. The predicted molar refractivity (Wildman–Crippen MR) is 69.0 cm³/mol. The lowest BCUT2D eigenvalue weighted by Crippen LogP contribution is -2.50. The van der Waals surface area contributed by atoms with Gasteiger partial charge in [-0.1, -0.05) is 13.8 Å². The molecule has 0 radical (unpaired) electrons. The van der Waals surface area contributed by atoms with E-state index >= 15 is 0 Å². The summed E-state index contributed by atoms with van der Waals surface area (Å²) >= 11 is 0. The minimum absolute atomic E-state index is 0.0687. The van der Waals surface area contributed by atoms with Crippen molar-refractivity contribution in [3.05, 3.63) is 0 Å². The number of hydrogen-bond acceptors (Lipinski definition) is 4. The van der Waals surface area contributed by atoms with Crippen LogP contribution in [0.25, 0.3) is 0 Å². The van der Waals surface area contributed by atoms with Crippen molar-refractivity contribution < 1.29 is 9.53 Å². The Balaban J connectivity index is 2.35. The van der Waals surface area contributed by atoms with E-state index in [2.05, 4.69) is 24.8 Å². The van der Waals surface area contributed by atoms with E-state index in [1.807, 2.05) is 6.92 Å². The minimum Gasteiger partial charge on any atom is -0.450 e. The highest BCUT2D eigenvalue weighted by Gasteiger charge is 2.24. The zero-order valence-corrected chi connectivity index (χ0v) is 11.6. The molecule has 18 heavy (non-hydrogen) atoms. The maximum atomic E-state index is 11.5. The topological polar surface area (TPSA) is 56.6 Å². The van der Waals surface area contributed by atoms with Gasteiger partial charge in [0.25, 0.3) is 0 Å². The Hall–Kier alpha value is -1.28. The molecule has 0 bridgehead atoms. The number of rotatable bonds is 4. The van der Waals surface area contributed by atoms with E-state index in [0.717, 1.165) is 19.6 Å². The van der Waals surface area contributed by atoms with Crippen molar-refractivity contribution in [1.29, 1.82) is 5.26 Å². The lowest BCUT2D eigenvalue weighted by Gasteiger charge is -2.35. The summed E-state index contributed by atoms with van der Waals surface area (Å²) in [6, 6.07) is 2.36. The SMILES string of the molecule is CCOC(=O)N1CCN(CC(C#N)C(C)C)CC1. The summed E-state index contributed by atoms with van der Waals surface area (Å²) in [5.74, 6) is 0.442. The van der Waals surface area contributed by atoms with Crippen molar-refractivity contribution in [2.75, 3.05) is 39.3 Å². The predicted octanol–water partition coefficient (Wildman–Crippen LogP) is 1.56. The highest BCUT2D eigenvalue weighted by Crippen LogP contribution is 2.13. The van der Waals surface area contributed by atoms with Gasteiger partial charge in [0.1, 0.15) is 0 Å². The van der Waals surface area contributed by atoms with Crippen LogP contribution in [0.1, 0.15) is 20.8 Å². The van der Waals surface area contributed by atoms with Crippen molar-refractivity contribution in [3.8, 4) is 6.07 Å². The smallest absolute Gasteiger partial charge is 0.409 e. The van der Waals surface area contributed by atoms with E-state index in [9.17, 15) is 4.79 Å². The van der Waals surface area contributed by atoms with Crippen molar-refractivity contribution >= 4 is 6.09 Å². The van der Waals surface area contributed by atoms with Gasteiger partial charge in [0.05, 0.1) is 18.6 Å². The van der Waals surface area contributed by atoms with Gasteiger partial charge in [-0.05, 0) is 12.8 Å². The summed E-state index contributed by atoms with van der Waals surface area (Å²) in [7, 11) is 0. The van der Waals surface area contributed by atoms with E-state index in [4.69, 9.17) is 10.00 Å². The second-order valence-corrected chi connectivity index (χ2v) is 4.97. The van der Waals surface area contributed by atoms with Crippen LogP contribution in [0, 0.1) is 23.2 Å². The normalized spacial score (nSPS) is 18.5. The summed E-state index contributed by atoms with van der Waals surface area (Å²) < 4.78 is 4.97. The number of carbonyl (C=O) groups excluding carboxylic acids is 1. The maximum Gasteiger partial charge on any atom is 0.409 e. The van der Waals surface area contributed by atoms with Gasteiger partial charge >= 0.3 is 6.09 Å². The number of hydrogen-bond donors (Lipinski definition) is 0. The lowest BCUT2D eigenvalue weighted by molar-refractivity contribution is 0.0755. The van der Waals surface area contributed by atoms with E-state index in [1.165, 1.54) is 0 Å². The molecule has 5 heteroatoms. The van der Waals surface area contributed by atoms with Crippen LogP contribution in [-0.4, -0.2) is 55.2 Å². The summed E-state index contributed by atoms with van der Waals surface area (Å²) in [6.07, 6.45) is -0.224. The molecule has 1 aliphatic heterocycles. The van der Waals surface area contributed by atoms with Crippen LogP contribution in [0.4, 0.5) is 4.79 Å². The van der Waals surface area contributed by atoms with Gasteiger partial charge in [0.15, 0.2) is 0 Å². The quantitative estimate of drug-likeness (QED) is 0.763. The molecule has 1 saturated heterocycles. The van der Waals surface area contributed by atoms with Crippen molar-refractivity contribution in [2.45, 2.75) is 20.8 Å². The molecule has 0 aromatic rings. The average molecular weight is 253 g/mol. The van der Waals surface area contributed by atoms with E-state index in [0.29, 0.717) is 25.6 Å². The van der Waals surface area contributed by atoms with Crippen LogP contribution < -0.4 is 0 Å². The van der Waals surface area contributed by atoms with Gasteiger partial charge in [0.2, 0.25) is 0 Å². The Kier molecular flexibility index (Phi) is 5.93. The third kappa shape index (κ3) is 4.19. The Bertz CT molecular complexity index is 304. The van der Waals surface area contributed by atoms with Crippen LogP contribution in [0.5, 0.6) is 0 Å². The van der Waals surface area contributed by atoms with Crippen molar-refractivity contribution in [2.24, 2.45) is 11.8 Å². The summed E-state index contributed by atoms with van der Waals surface area (Å²) in [5, 5.41) is 9.08. The number of carbonyl (C=O) groups is 1. The molecule has 0 aromatic heterocycles. The molecular weight excluding hydrogens is 230 g/mol. The fourth-order valence-corrected chi connectivity index (χ4v) is 2.01. The molecule has 1 amide bonds. The van der Waals surface area contributed by atoms with Crippen molar-refractivity contribution in [1.82, 2.24) is 9.80 Å². The first kappa shape index (κ1) is 14.8. The highest BCUT2D eigenvalue weighted by molar-refractivity contribution is 5.67. The largest absolute Gasteiger partial charge is 0.450 e. The molecule has 5 nitrogen and oxygen atoms in total. The molecule has 1 fully saturated rings. The maximum absolute atomic E-state index is 11.5. The molecule has 1 aliphatic rings. The van der Waals surface area contributed by atoms with Crippen LogP contribution in [0.2, 0.25) is 0 Å². The molecule has 102 valence electrons. The molecular formula is C13H23N3O2. The third-order valence-corrected chi connectivity index (χ3v) is 3.32. The first-order valence-electron chi connectivity index (χ1n) is 6.62. The fraction of sp³-hybridized carbons (Fsp3) is 0.846. The highest BCUT2D eigenvalue weighted by atomic mass is 16.6. The van der Waals surface area contributed by atoms with E-state index in [1.54, 1.807) is 4.90 Å². The molecule has 1 atom stereocenters.